The highest BCUT2D eigenvalue weighted by atomic mass is 79.9. The lowest BCUT2D eigenvalue weighted by atomic mass is 10.0. The normalized spacial score (nSPS) is 10.8. The van der Waals surface area contributed by atoms with E-state index in [0.29, 0.717) is 18.2 Å². The van der Waals surface area contributed by atoms with E-state index < -0.39 is 0 Å². The molecule has 0 saturated carbocycles. The van der Waals surface area contributed by atoms with Crippen LogP contribution in [0, 0.1) is 0 Å². The Labute approximate surface area is 176 Å². The molecule has 5 heteroatoms. The summed E-state index contributed by atoms with van der Waals surface area (Å²) in [6.07, 6.45) is 2.70. The molecule has 0 heterocycles. The van der Waals surface area contributed by atoms with Crippen LogP contribution in [0.5, 0.6) is 11.5 Å². The number of halogens is 1. The maximum Gasteiger partial charge on any atom is 0.257 e. The van der Waals surface area contributed by atoms with Crippen LogP contribution in [0.4, 0.5) is 0 Å². The van der Waals surface area contributed by atoms with Crippen molar-refractivity contribution in [2.75, 3.05) is 19.8 Å². The Morgan fingerprint density at radius 2 is 1.89 bits per heavy atom. The van der Waals surface area contributed by atoms with Gasteiger partial charge in [-0.2, -0.15) is 0 Å². The third kappa shape index (κ3) is 7.19. The number of nitrogens with one attached hydrogen (secondary N) is 1. The fraction of sp³-hybridized carbons (Fsp3) is 0.435. The van der Waals surface area contributed by atoms with Gasteiger partial charge in [0.05, 0.1) is 11.1 Å². The number of carbonyl (C=O) groups is 1. The van der Waals surface area contributed by atoms with Crippen molar-refractivity contribution in [2.24, 2.45) is 0 Å². The monoisotopic (exact) mass is 447 g/mol. The number of amides is 1. The van der Waals surface area contributed by atoms with Gasteiger partial charge in [0.1, 0.15) is 11.5 Å². The van der Waals surface area contributed by atoms with Crippen molar-refractivity contribution in [2.45, 2.75) is 46.0 Å². The fourth-order valence-electron chi connectivity index (χ4n) is 2.76. The van der Waals surface area contributed by atoms with E-state index in [1.165, 1.54) is 11.1 Å². The van der Waals surface area contributed by atoms with Crippen LogP contribution in [-0.2, 0) is 11.2 Å². The Morgan fingerprint density at radius 1 is 1.11 bits per heavy atom. The van der Waals surface area contributed by atoms with Crippen molar-refractivity contribution >= 4 is 21.8 Å². The molecular formula is C23H30BrNO3. The molecule has 0 aromatic heterocycles. The van der Waals surface area contributed by atoms with Crippen LogP contribution in [0.1, 0.15) is 50.7 Å². The lowest BCUT2D eigenvalue weighted by Crippen LogP contribution is -2.30. The molecule has 2 aromatic carbocycles. The van der Waals surface area contributed by atoms with Crippen molar-refractivity contribution in [1.82, 2.24) is 5.32 Å². The van der Waals surface area contributed by atoms with Crippen LogP contribution < -0.4 is 14.8 Å². The van der Waals surface area contributed by atoms with Crippen LogP contribution in [0.15, 0.2) is 46.9 Å². The van der Waals surface area contributed by atoms with Crippen molar-refractivity contribution < 1.29 is 14.3 Å². The van der Waals surface area contributed by atoms with E-state index in [2.05, 4.69) is 48.1 Å². The minimum Gasteiger partial charge on any atom is -0.493 e. The van der Waals surface area contributed by atoms with Gasteiger partial charge in [-0.1, -0.05) is 45.0 Å². The zero-order chi connectivity index (χ0) is 20.4. The van der Waals surface area contributed by atoms with Gasteiger partial charge in [0.15, 0.2) is 6.61 Å². The first-order valence-corrected chi connectivity index (χ1v) is 10.7. The van der Waals surface area contributed by atoms with E-state index in [-0.39, 0.29) is 12.5 Å². The number of hydrogen-bond donors (Lipinski definition) is 1. The average Bonchev–Trinajstić information content (AvgIpc) is 2.69. The minimum atomic E-state index is -0.115. The summed E-state index contributed by atoms with van der Waals surface area (Å²) in [5.41, 5.74) is 2.41. The maximum absolute atomic E-state index is 12.0. The topological polar surface area (TPSA) is 47.6 Å². The number of aryl methyl sites for hydroxylation is 1. The highest BCUT2D eigenvalue weighted by Crippen LogP contribution is 2.28. The zero-order valence-electron chi connectivity index (χ0n) is 17.0. The van der Waals surface area contributed by atoms with Crippen molar-refractivity contribution in [3.8, 4) is 11.5 Å². The highest BCUT2D eigenvalue weighted by Gasteiger charge is 2.08. The van der Waals surface area contributed by atoms with E-state index in [4.69, 9.17) is 9.47 Å². The molecule has 152 valence electrons. The van der Waals surface area contributed by atoms with Gasteiger partial charge >= 0.3 is 0 Å². The lowest BCUT2D eigenvalue weighted by molar-refractivity contribution is -0.123. The first-order chi connectivity index (χ1) is 13.5. The van der Waals surface area contributed by atoms with E-state index >= 15 is 0 Å². The number of benzene rings is 2. The molecule has 28 heavy (non-hydrogen) atoms. The maximum atomic E-state index is 12.0. The SMILES string of the molecule is CCCOc1ccccc1CCCNC(=O)COc1ccc(C(C)C)cc1Br. The van der Waals surface area contributed by atoms with Crippen LogP contribution in [0.3, 0.4) is 0 Å². The minimum absolute atomic E-state index is 0.00975. The number of rotatable bonds is 11. The Hall–Kier alpha value is -2.01. The zero-order valence-corrected chi connectivity index (χ0v) is 18.6. The van der Waals surface area contributed by atoms with Gasteiger partial charge < -0.3 is 14.8 Å². The number of ether oxygens (including phenoxy) is 2. The van der Waals surface area contributed by atoms with Crippen LogP contribution in [-0.4, -0.2) is 25.7 Å². The smallest absolute Gasteiger partial charge is 0.257 e. The second kappa shape index (κ2) is 11.7. The molecule has 0 aliphatic carbocycles. The Morgan fingerprint density at radius 3 is 2.61 bits per heavy atom. The molecule has 4 nitrogen and oxygen atoms in total. The summed E-state index contributed by atoms with van der Waals surface area (Å²) in [6.45, 7) is 7.72. The molecular weight excluding hydrogens is 418 g/mol. The molecule has 0 aliphatic rings. The van der Waals surface area contributed by atoms with Gasteiger partial charge in [-0.3, -0.25) is 4.79 Å². The van der Waals surface area contributed by atoms with Gasteiger partial charge in [0, 0.05) is 6.54 Å². The van der Waals surface area contributed by atoms with Crippen molar-refractivity contribution in [3.05, 3.63) is 58.1 Å². The predicted octanol–water partition coefficient (Wildman–Crippen LogP) is 5.49. The third-order valence-electron chi connectivity index (χ3n) is 4.36. The molecule has 2 aromatic rings. The van der Waals surface area contributed by atoms with E-state index in [9.17, 15) is 4.79 Å². The predicted molar refractivity (Wildman–Crippen MR) is 117 cm³/mol. The average molecular weight is 448 g/mol. The quantitative estimate of drug-likeness (QED) is 0.463. The molecule has 0 radical (unpaired) electrons. The van der Waals surface area contributed by atoms with Crippen molar-refractivity contribution in [1.29, 1.82) is 0 Å². The number of carbonyl (C=O) groups excluding carboxylic acids is 1. The molecule has 0 saturated heterocycles. The highest BCUT2D eigenvalue weighted by molar-refractivity contribution is 9.10. The third-order valence-corrected chi connectivity index (χ3v) is 4.98. The summed E-state index contributed by atoms with van der Waals surface area (Å²) in [4.78, 5) is 12.0. The van der Waals surface area contributed by atoms with Gasteiger partial charge in [-0.15, -0.1) is 0 Å². The molecule has 2 rings (SSSR count). The molecule has 0 spiro atoms. The summed E-state index contributed by atoms with van der Waals surface area (Å²) in [6, 6.07) is 14.0. The summed E-state index contributed by atoms with van der Waals surface area (Å²) in [5, 5.41) is 2.91. The van der Waals surface area contributed by atoms with Crippen molar-refractivity contribution in [3.63, 3.8) is 0 Å². The van der Waals surface area contributed by atoms with E-state index in [1.54, 1.807) is 0 Å². The number of hydrogen-bond acceptors (Lipinski definition) is 3. The first-order valence-electron chi connectivity index (χ1n) is 9.91. The Balaban J connectivity index is 1.72. The second-order valence-electron chi connectivity index (χ2n) is 7.04. The largest absolute Gasteiger partial charge is 0.493 e. The molecule has 1 N–H and O–H groups in total. The molecule has 0 fully saturated rings. The summed E-state index contributed by atoms with van der Waals surface area (Å²) >= 11 is 3.51. The fourth-order valence-corrected chi connectivity index (χ4v) is 3.27. The first kappa shape index (κ1) is 22.3. The Bertz CT molecular complexity index is 761. The standard InChI is InChI=1S/C23H30BrNO3/c1-4-14-27-21-10-6-5-8-18(21)9-7-13-25-23(26)16-28-22-12-11-19(17(2)3)15-20(22)24/h5-6,8,10-12,15,17H,4,7,9,13-14,16H2,1-3H3,(H,25,26). The lowest BCUT2D eigenvalue weighted by Gasteiger charge is -2.12. The molecule has 1 amide bonds. The Kier molecular flexibility index (Phi) is 9.35. The molecule has 0 unspecified atom stereocenters. The van der Waals surface area contributed by atoms with Gasteiger partial charge in [0.2, 0.25) is 0 Å². The summed E-state index contributed by atoms with van der Waals surface area (Å²) in [5.74, 6) is 1.96. The van der Waals surface area contributed by atoms with Crippen LogP contribution in [0.25, 0.3) is 0 Å². The van der Waals surface area contributed by atoms with Crippen LogP contribution >= 0.6 is 15.9 Å². The summed E-state index contributed by atoms with van der Waals surface area (Å²) < 4.78 is 12.3. The van der Waals surface area contributed by atoms with Gasteiger partial charge in [0.25, 0.3) is 5.91 Å². The van der Waals surface area contributed by atoms with E-state index in [0.717, 1.165) is 36.1 Å². The van der Waals surface area contributed by atoms with Crippen LogP contribution in [0.2, 0.25) is 0 Å². The molecule has 0 atom stereocenters. The van der Waals surface area contributed by atoms with E-state index in [1.807, 2.05) is 36.4 Å². The van der Waals surface area contributed by atoms with Gasteiger partial charge in [-0.05, 0) is 70.4 Å². The number of para-hydroxylation sites is 1. The second-order valence-corrected chi connectivity index (χ2v) is 7.90. The summed E-state index contributed by atoms with van der Waals surface area (Å²) in [7, 11) is 0. The van der Waals surface area contributed by atoms with Gasteiger partial charge in [-0.25, -0.2) is 0 Å². The molecule has 0 aliphatic heterocycles. The molecule has 0 bridgehead atoms.